The fourth-order valence-corrected chi connectivity index (χ4v) is 5.44. The molecule has 0 radical (unpaired) electrons. The van der Waals surface area contributed by atoms with E-state index in [4.69, 9.17) is 4.98 Å². The van der Waals surface area contributed by atoms with Crippen LogP contribution in [0.15, 0.2) is 22.7 Å². The van der Waals surface area contributed by atoms with E-state index < -0.39 is 0 Å². The molecule has 1 aromatic carbocycles. The van der Waals surface area contributed by atoms with Crippen molar-refractivity contribution in [1.82, 2.24) is 9.55 Å². The number of hydrogen-bond donors (Lipinski definition) is 0. The highest BCUT2D eigenvalue weighted by molar-refractivity contribution is 9.10. The topological polar surface area (TPSA) is 44.9 Å². The van der Waals surface area contributed by atoms with Gasteiger partial charge in [0.05, 0.1) is 17.7 Å². The second-order valence-corrected chi connectivity index (χ2v) is 9.25. The minimum absolute atomic E-state index is 0.103. The van der Waals surface area contributed by atoms with Crippen LogP contribution < -0.4 is 4.90 Å². The number of nitriles is 1. The van der Waals surface area contributed by atoms with Gasteiger partial charge in [-0.2, -0.15) is 5.26 Å². The third-order valence-electron chi connectivity index (χ3n) is 6.20. The SMILES string of the molecule is CC.Cc1cc(N2CCCC(C#N)C2)c2c(C)c(C)n(-c3c(C)cc(Br)cc3C)c2n1. The lowest BCUT2D eigenvalue weighted by Crippen LogP contribution is -2.35. The summed E-state index contributed by atoms with van der Waals surface area (Å²) < 4.78 is 3.42. The summed E-state index contributed by atoms with van der Waals surface area (Å²) in [5.74, 6) is 0.103. The molecule has 1 fully saturated rings. The first kappa shape index (κ1) is 23.3. The van der Waals surface area contributed by atoms with Gasteiger partial charge in [-0.05, 0) is 82.3 Å². The van der Waals surface area contributed by atoms with Crippen molar-refractivity contribution in [3.63, 3.8) is 0 Å². The molecule has 2 aromatic heterocycles. The normalized spacial score (nSPS) is 16.1. The highest BCUT2D eigenvalue weighted by Gasteiger charge is 2.25. The summed E-state index contributed by atoms with van der Waals surface area (Å²) in [4.78, 5) is 7.39. The van der Waals surface area contributed by atoms with E-state index >= 15 is 0 Å². The second kappa shape index (κ2) is 9.44. The number of piperidine rings is 1. The van der Waals surface area contributed by atoms with E-state index in [9.17, 15) is 5.26 Å². The van der Waals surface area contributed by atoms with E-state index in [0.29, 0.717) is 0 Å². The van der Waals surface area contributed by atoms with Gasteiger partial charge in [-0.25, -0.2) is 4.98 Å². The molecule has 164 valence electrons. The monoisotopic (exact) mass is 480 g/mol. The Hall–Kier alpha value is -2.32. The lowest BCUT2D eigenvalue weighted by Gasteiger charge is -2.32. The molecule has 4 nitrogen and oxygen atoms in total. The predicted octanol–water partition coefficient (Wildman–Crippen LogP) is 7.10. The molecule has 1 saturated heterocycles. The molecule has 0 saturated carbocycles. The number of halogens is 1. The summed E-state index contributed by atoms with van der Waals surface area (Å²) in [7, 11) is 0. The molecular formula is C26H33BrN4. The zero-order valence-corrected chi connectivity index (χ0v) is 21.4. The van der Waals surface area contributed by atoms with E-state index in [0.717, 1.165) is 41.7 Å². The number of hydrogen-bond acceptors (Lipinski definition) is 3. The summed E-state index contributed by atoms with van der Waals surface area (Å²) >= 11 is 3.62. The summed E-state index contributed by atoms with van der Waals surface area (Å²) in [5.41, 5.74) is 9.40. The molecule has 3 aromatic rings. The number of pyridine rings is 1. The van der Waals surface area contributed by atoms with Crippen molar-refractivity contribution in [3.05, 3.63) is 50.8 Å². The summed E-state index contributed by atoms with van der Waals surface area (Å²) in [6.07, 6.45) is 2.06. The molecule has 1 aliphatic rings. The summed E-state index contributed by atoms with van der Waals surface area (Å²) in [6.45, 7) is 16.6. The third-order valence-corrected chi connectivity index (χ3v) is 6.65. The average molecular weight is 481 g/mol. The van der Waals surface area contributed by atoms with Crippen molar-refractivity contribution < 1.29 is 0 Å². The molecule has 0 aliphatic carbocycles. The minimum Gasteiger partial charge on any atom is -0.370 e. The second-order valence-electron chi connectivity index (χ2n) is 8.33. The van der Waals surface area contributed by atoms with Crippen LogP contribution in [-0.4, -0.2) is 22.6 Å². The van der Waals surface area contributed by atoms with Crippen LogP contribution >= 0.6 is 15.9 Å². The van der Waals surface area contributed by atoms with Crippen molar-refractivity contribution in [2.75, 3.05) is 18.0 Å². The number of fused-ring (bicyclic) bond motifs is 1. The van der Waals surface area contributed by atoms with Crippen LogP contribution in [0.2, 0.25) is 0 Å². The number of aryl methyl sites for hydroxylation is 4. The number of benzene rings is 1. The zero-order valence-electron chi connectivity index (χ0n) is 19.8. The fraction of sp³-hybridized carbons (Fsp3) is 0.462. The minimum atomic E-state index is 0.103. The smallest absolute Gasteiger partial charge is 0.147 e. The number of aromatic nitrogens is 2. The van der Waals surface area contributed by atoms with Crippen LogP contribution in [0.5, 0.6) is 0 Å². The van der Waals surface area contributed by atoms with E-state index in [1.165, 1.54) is 39.1 Å². The van der Waals surface area contributed by atoms with Crippen molar-refractivity contribution in [2.24, 2.45) is 5.92 Å². The van der Waals surface area contributed by atoms with E-state index in [-0.39, 0.29) is 5.92 Å². The van der Waals surface area contributed by atoms with Crippen LogP contribution in [0.3, 0.4) is 0 Å². The zero-order chi connectivity index (χ0) is 22.9. The van der Waals surface area contributed by atoms with Gasteiger partial charge in [-0.15, -0.1) is 0 Å². The van der Waals surface area contributed by atoms with Crippen LogP contribution in [-0.2, 0) is 0 Å². The van der Waals surface area contributed by atoms with Gasteiger partial charge in [-0.1, -0.05) is 29.8 Å². The largest absolute Gasteiger partial charge is 0.370 e. The molecule has 1 atom stereocenters. The average Bonchev–Trinajstić information content (AvgIpc) is 2.99. The van der Waals surface area contributed by atoms with Gasteiger partial charge in [0.1, 0.15) is 5.65 Å². The van der Waals surface area contributed by atoms with Crippen molar-refractivity contribution in [1.29, 1.82) is 5.26 Å². The quantitative estimate of drug-likeness (QED) is 0.392. The van der Waals surface area contributed by atoms with Gasteiger partial charge < -0.3 is 4.90 Å². The number of nitrogens with zero attached hydrogens (tertiary/aromatic N) is 4. The van der Waals surface area contributed by atoms with Crippen molar-refractivity contribution in [3.8, 4) is 11.8 Å². The summed E-state index contributed by atoms with van der Waals surface area (Å²) in [5, 5.41) is 10.7. The molecule has 1 aliphatic heterocycles. The fourth-order valence-electron chi connectivity index (χ4n) is 4.75. The molecule has 0 bridgehead atoms. The Bertz CT molecular complexity index is 1130. The Labute approximate surface area is 195 Å². The molecule has 0 spiro atoms. The lowest BCUT2D eigenvalue weighted by atomic mass is 9.98. The highest BCUT2D eigenvalue weighted by Crippen LogP contribution is 2.38. The molecule has 3 heterocycles. The van der Waals surface area contributed by atoms with Gasteiger partial charge in [0.15, 0.2) is 0 Å². The Morgan fingerprint density at radius 3 is 2.32 bits per heavy atom. The number of rotatable bonds is 2. The van der Waals surface area contributed by atoms with Crippen molar-refractivity contribution >= 4 is 32.7 Å². The van der Waals surface area contributed by atoms with Gasteiger partial charge >= 0.3 is 0 Å². The first-order valence-electron chi connectivity index (χ1n) is 11.2. The molecule has 4 rings (SSSR count). The van der Waals surface area contributed by atoms with Gasteiger partial charge in [-0.3, -0.25) is 4.57 Å². The van der Waals surface area contributed by atoms with E-state index in [2.05, 4.69) is 84.3 Å². The maximum Gasteiger partial charge on any atom is 0.147 e. The molecule has 1 unspecified atom stereocenters. The van der Waals surface area contributed by atoms with E-state index in [1.54, 1.807) is 0 Å². The first-order chi connectivity index (χ1) is 14.8. The third kappa shape index (κ3) is 4.23. The Balaban J connectivity index is 0.00000132. The standard InChI is InChI=1S/C24H27BrN4.C2H6/c1-14-9-20(25)10-15(2)23(14)29-18(5)17(4)22-21(11-16(3)27-24(22)29)28-8-6-7-19(12-26)13-28;1-2/h9-11,19H,6-8,13H2,1-5H3;1-2H3. The van der Waals surface area contributed by atoms with Gasteiger partial charge in [0, 0.05) is 40.0 Å². The Morgan fingerprint density at radius 2 is 1.71 bits per heavy atom. The predicted molar refractivity (Wildman–Crippen MR) is 134 cm³/mol. The summed E-state index contributed by atoms with van der Waals surface area (Å²) in [6, 6.07) is 9.01. The van der Waals surface area contributed by atoms with E-state index in [1.807, 2.05) is 13.8 Å². The number of anilines is 1. The molecule has 31 heavy (non-hydrogen) atoms. The lowest BCUT2D eigenvalue weighted by molar-refractivity contribution is 0.494. The Kier molecular flexibility index (Phi) is 7.11. The Morgan fingerprint density at radius 1 is 1.06 bits per heavy atom. The van der Waals surface area contributed by atoms with Crippen molar-refractivity contribution in [2.45, 2.75) is 61.3 Å². The molecule has 0 N–H and O–H groups in total. The van der Waals surface area contributed by atoms with Gasteiger partial charge in [0.2, 0.25) is 0 Å². The first-order valence-corrected chi connectivity index (χ1v) is 12.0. The van der Waals surface area contributed by atoms with Crippen LogP contribution in [0, 0.1) is 51.9 Å². The van der Waals surface area contributed by atoms with Crippen LogP contribution in [0.4, 0.5) is 5.69 Å². The van der Waals surface area contributed by atoms with Crippen LogP contribution in [0.25, 0.3) is 16.7 Å². The molecular weight excluding hydrogens is 448 g/mol. The van der Waals surface area contributed by atoms with Gasteiger partial charge in [0.25, 0.3) is 0 Å². The van der Waals surface area contributed by atoms with Crippen LogP contribution in [0.1, 0.15) is 54.8 Å². The molecule has 0 amide bonds. The maximum absolute atomic E-state index is 9.46. The highest BCUT2D eigenvalue weighted by atomic mass is 79.9. The molecule has 5 heteroatoms. The maximum atomic E-state index is 9.46.